The molecule has 0 aromatic heterocycles. The van der Waals surface area contributed by atoms with Gasteiger partial charge in [0.05, 0.1) is 6.10 Å². The van der Waals surface area contributed by atoms with Gasteiger partial charge in [-0.2, -0.15) is 0 Å². The van der Waals surface area contributed by atoms with Crippen molar-refractivity contribution in [1.82, 2.24) is 0 Å². The Morgan fingerprint density at radius 3 is 2.67 bits per heavy atom. The van der Waals surface area contributed by atoms with Crippen LogP contribution in [0.15, 0.2) is 5.16 Å². The number of rotatable bonds is 3. The molecule has 0 radical (unpaired) electrons. The lowest BCUT2D eigenvalue weighted by Crippen LogP contribution is -2.21. The third kappa shape index (κ3) is 5.10. The summed E-state index contributed by atoms with van der Waals surface area (Å²) in [5.74, 6) is 0.101. The summed E-state index contributed by atoms with van der Waals surface area (Å²) in [5, 5.41) is 10.8. The molecule has 9 heavy (non-hydrogen) atoms. The number of amidine groups is 1. The van der Waals surface area contributed by atoms with Crippen LogP contribution in [0, 0.1) is 0 Å². The Morgan fingerprint density at radius 1 is 1.78 bits per heavy atom. The quantitative estimate of drug-likeness (QED) is 0.249. The number of hydrogen-bond donors (Lipinski definition) is 2. The summed E-state index contributed by atoms with van der Waals surface area (Å²) in [6.45, 7) is 3.95. The van der Waals surface area contributed by atoms with Gasteiger partial charge >= 0.3 is 0 Å². The second kappa shape index (κ2) is 4.14. The summed E-state index contributed by atoms with van der Waals surface area (Å²) in [6, 6.07) is 0. The molecule has 54 valence electrons. The van der Waals surface area contributed by atoms with E-state index in [-0.39, 0.29) is 18.5 Å². The van der Waals surface area contributed by atoms with Crippen molar-refractivity contribution in [2.75, 3.05) is 6.61 Å². The number of hydrogen-bond acceptors (Lipinski definition) is 3. The summed E-state index contributed by atoms with van der Waals surface area (Å²) in [7, 11) is 0. The standard InChI is InChI=1S/C5H12N2O2/c1-4(2)9-3-5(6)7-8/h4,8H,3H2,1-2H3,(H2,6,7). The van der Waals surface area contributed by atoms with Crippen LogP contribution in [-0.4, -0.2) is 23.8 Å². The molecule has 0 spiro atoms. The van der Waals surface area contributed by atoms with Crippen molar-refractivity contribution < 1.29 is 9.94 Å². The van der Waals surface area contributed by atoms with Crippen molar-refractivity contribution in [3.05, 3.63) is 0 Å². The van der Waals surface area contributed by atoms with Crippen molar-refractivity contribution in [3.8, 4) is 0 Å². The molecule has 0 aromatic rings. The van der Waals surface area contributed by atoms with Gasteiger partial charge in [0.1, 0.15) is 6.61 Å². The van der Waals surface area contributed by atoms with Gasteiger partial charge in [0.2, 0.25) is 0 Å². The van der Waals surface area contributed by atoms with Crippen LogP contribution in [0.25, 0.3) is 0 Å². The molecule has 0 unspecified atom stereocenters. The molecule has 0 aliphatic rings. The first kappa shape index (κ1) is 8.23. The first-order chi connectivity index (χ1) is 4.16. The van der Waals surface area contributed by atoms with Crippen molar-refractivity contribution in [2.24, 2.45) is 10.9 Å². The minimum absolute atomic E-state index is 0.101. The first-order valence-corrected chi connectivity index (χ1v) is 2.74. The molecule has 0 atom stereocenters. The van der Waals surface area contributed by atoms with Crippen LogP contribution in [0.1, 0.15) is 13.8 Å². The molecule has 4 heteroatoms. The maximum absolute atomic E-state index is 8.03. The Kier molecular flexibility index (Phi) is 3.79. The first-order valence-electron chi connectivity index (χ1n) is 2.74. The van der Waals surface area contributed by atoms with Crippen LogP contribution in [0.4, 0.5) is 0 Å². The molecule has 0 aromatic carbocycles. The van der Waals surface area contributed by atoms with Gasteiger partial charge in [-0.3, -0.25) is 0 Å². The summed E-state index contributed by atoms with van der Waals surface area (Å²) in [5.41, 5.74) is 5.10. The lowest BCUT2D eigenvalue weighted by molar-refractivity contribution is 0.108. The fourth-order valence-corrected chi connectivity index (χ4v) is 0.281. The van der Waals surface area contributed by atoms with Gasteiger partial charge in [-0.25, -0.2) is 0 Å². The second-order valence-corrected chi connectivity index (χ2v) is 1.95. The van der Waals surface area contributed by atoms with Gasteiger partial charge in [0.15, 0.2) is 5.84 Å². The van der Waals surface area contributed by atoms with Crippen LogP contribution in [0.3, 0.4) is 0 Å². The highest BCUT2D eigenvalue weighted by molar-refractivity contribution is 5.80. The van der Waals surface area contributed by atoms with E-state index in [4.69, 9.17) is 15.7 Å². The second-order valence-electron chi connectivity index (χ2n) is 1.95. The van der Waals surface area contributed by atoms with Gasteiger partial charge in [-0.15, -0.1) is 0 Å². The van der Waals surface area contributed by atoms with E-state index < -0.39 is 0 Å². The highest BCUT2D eigenvalue weighted by Crippen LogP contribution is 1.85. The molecule has 0 aliphatic heterocycles. The maximum atomic E-state index is 8.03. The molecular weight excluding hydrogens is 120 g/mol. The van der Waals surface area contributed by atoms with Gasteiger partial charge < -0.3 is 15.7 Å². The molecule has 0 heterocycles. The van der Waals surface area contributed by atoms with Gasteiger partial charge in [0, 0.05) is 0 Å². The summed E-state index contributed by atoms with van der Waals surface area (Å²) < 4.78 is 4.98. The lowest BCUT2D eigenvalue weighted by Gasteiger charge is -2.04. The predicted molar refractivity (Wildman–Crippen MR) is 34.5 cm³/mol. The summed E-state index contributed by atoms with van der Waals surface area (Å²) in [6.07, 6.45) is 0.116. The smallest absolute Gasteiger partial charge is 0.165 e. The summed E-state index contributed by atoms with van der Waals surface area (Å²) >= 11 is 0. The van der Waals surface area contributed by atoms with Crippen molar-refractivity contribution in [2.45, 2.75) is 20.0 Å². The zero-order valence-corrected chi connectivity index (χ0v) is 5.66. The van der Waals surface area contributed by atoms with Crippen LogP contribution < -0.4 is 5.73 Å². The Balaban J connectivity index is 3.28. The third-order valence-electron chi connectivity index (χ3n) is 0.693. The number of nitrogens with zero attached hydrogens (tertiary/aromatic N) is 1. The Bertz CT molecular complexity index is 101. The van der Waals surface area contributed by atoms with Gasteiger partial charge in [0.25, 0.3) is 0 Å². The molecule has 0 aliphatic carbocycles. The van der Waals surface area contributed by atoms with Crippen molar-refractivity contribution in [3.63, 3.8) is 0 Å². The van der Waals surface area contributed by atoms with E-state index in [2.05, 4.69) is 5.16 Å². The van der Waals surface area contributed by atoms with E-state index in [1.54, 1.807) is 0 Å². The Labute approximate surface area is 54.3 Å². The topological polar surface area (TPSA) is 67.8 Å². The van der Waals surface area contributed by atoms with Crippen molar-refractivity contribution >= 4 is 5.84 Å². The van der Waals surface area contributed by atoms with Crippen LogP contribution in [-0.2, 0) is 4.74 Å². The predicted octanol–water partition coefficient (Wildman–Crippen LogP) is 0.158. The zero-order valence-electron chi connectivity index (χ0n) is 5.66. The highest BCUT2D eigenvalue weighted by atomic mass is 16.5. The fraction of sp³-hybridized carbons (Fsp3) is 0.800. The SMILES string of the molecule is CC(C)OC/C(N)=N/O. The molecule has 0 rings (SSSR count). The van der Waals surface area contributed by atoms with E-state index in [9.17, 15) is 0 Å². The van der Waals surface area contributed by atoms with E-state index in [1.807, 2.05) is 13.8 Å². The maximum Gasteiger partial charge on any atom is 0.165 e. The monoisotopic (exact) mass is 132 g/mol. The van der Waals surface area contributed by atoms with Crippen LogP contribution in [0.5, 0.6) is 0 Å². The van der Waals surface area contributed by atoms with Gasteiger partial charge in [-0.1, -0.05) is 5.16 Å². The molecule has 3 N–H and O–H groups in total. The number of oxime groups is 1. The average molecular weight is 132 g/mol. The van der Waals surface area contributed by atoms with E-state index in [1.165, 1.54) is 0 Å². The normalized spacial score (nSPS) is 12.6. The zero-order chi connectivity index (χ0) is 7.28. The molecule has 0 saturated heterocycles. The fourth-order valence-electron chi connectivity index (χ4n) is 0.281. The molecule has 4 nitrogen and oxygen atoms in total. The minimum atomic E-state index is 0.101. The molecule has 0 fully saturated rings. The largest absolute Gasteiger partial charge is 0.409 e. The van der Waals surface area contributed by atoms with Crippen LogP contribution >= 0.6 is 0 Å². The van der Waals surface area contributed by atoms with E-state index >= 15 is 0 Å². The average Bonchev–Trinajstić information content (AvgIpc) is 1.83. The molecule has 0 saturated carbocycles. The lowest BCUT2D eigenvalue weighted by atomic mass is 10.5. The number of nitrogens with two attached hydrogens (primary N) is 1. The minimum Gasteiger partial charge on any atom is -0.409 e. The van der Waals surface area contributed by atoms with Crippen LogP contribution in [0.2, 0.25) is 0 Å². The van der Waals surface area contributed by atoms with E-state index in [0.29, 0.717) is 0 Å². The molecule has 0 amide bonds. The Hall–Kier alpha value is -0.770. The highest BCUT2D eigenvalue weighted by Gasteiger charge is 1.94. The van der Waals surface area contributed by atoms with Crippen molar-refractivity contribution in [1.29, 1.82) is 0 Å². The van der Waals surface area contributed by atoms with E-state index in [0.717, 1.165) is 0 Å². The summed E-state index contributed by atoms with van der Waals surface area (Å²) in [4.78, 5) is 0. The Morgan fingerprint density at radius 2 is 2.33 bits per heavy atom. The third-order valence-corrected chi connectivity index (χ3v) is 0.693. The number of ether oxygens (including phenoxy) is 1. The van der Waals surface area contributed by atoms with Gasteiger partial charge in [-0.05, 0) is 13.8 Å². The molecule has 0 bridgehead atoms. The molecular formula is C5H12N2O2.